The Morgan fingerprint density at radius 2 is 2.09 bits per heavy atom. The van der Waals surface area contributed by atoms with Gasteiger partial charge in [0.25, 0.3) is 5.91 Å². The Hall–Kier alpha value is -2.60. The number of nitrogens with one attached hydrogen (secondary N) is 2. The van der Waals surface area contributed by atoms with E-state index in [0.29, 0.717) is 16.7 Å². The normalized spacial score (nSPS) is 10.9. The van der Waals surface area contributed by atoms with E-state index in [0.717, 1.165) is 0 Å². The van der Waals surface area contributed by atoms with Crippen molar-refractivity contribution in [2.24, 2.45) is 7.05 Å². The van der Waals surface area contributed by atoms with Gasteiger partial charge >= 0.3 is 5.69 Å². The number of anilines is 1. The number of H-pyrrole nitrogens is 1. The third kappa shape index (κ3) is 2.37. The van der Waals surface area contributed by atoms with Gasteiger partial charge in [-0.05, 0) is 30.3 Å². The van der Waals surface area contributed by atoms with Crippen LogP contribution in [0.15, 0.2) is 41.2 Å². The molecule has 5 nitrogen and oxygen atoms in total. The molecule has 1 heterocycles. The minimum atomic E-state index is -0.695. The summed E-state index contributed by atoms with van der Waals surface area (Å²) in [4.78, 5) is 26.3. The van der Waals surface area contributed by atoms with Gasteiger partial charge in [0.1, 0.15) is 5.82 Å². The highest BCUT2D eigenvalue weighted by molar-refractivity contribution is 6.34. The molecule has 0 unspecified atom stereocenters. The van der Waals surface area contributed by atoms with Crippen molar-refractivity contribution < 1.29 is 9.18 Å². The summed E-state index contributed by atoms with van der Waals surface area (Å²) in [5.74, 6) is -1.35. The second-order valence-corrected chi connectivity index (χ2v) is 5.18. The molecule has 0 bridgehead atoms. The molecular formula is C15H11ClFN3O2. The zero-order valence-corrected chi connectivity index (χ0v) is 12.2. The molecule has 112 valence electrons. The predicted octanol–water partition coefficient (Wildman–Crippen LogP) is 2.91. The first-order valence-electron chi connectivity index (χ1n) is 6.41. The first-order valence-corrected chi connectivity index (χ1v) is 6.79. The van der Waals surface area contributed by atoms with Crippen LogP contribution < -0.4 is 11.0 Å². The Kier molecular flexibility index (Phi) is 3.46. The van der Waals surface area contributed by atoms with Crippen LogP contribution in [0.4, 0.5) is 10.1 Å². The number of imidazole rings is 1. The molecule has 7 heteroatoms. The molecule has 3 aromatic rings. The maximum atomic E-state index is 13.7. The molecule has 0 saturated carbocycles. The van der Waals surface area contributed by atoms with Crippen molar-refractivity contribution >= 4 is 34.2 Å². The predicted molar refractivity (Wildman–Crippen MR) is 82.9 cm³/mol. The average Bonchev–Trinajstić information content (AvgIpc) is 2.73. The number of rotatable bonds is 2. The third-order valence-electron chi connectivity index (χ3n) is 3.35. The van der Waals surface area contributed by atoms with Gasteiger partial charge in [-0.1, -0.05) is 17.7 Å². The number of aromatic nitrogens is 2. The summed E-state index contributed by atoms with van der Waals surface area (Å²) in [5.41, 5.74) is 1.23. The number of aryl methyl sites for hydroxylation is 1. The number of hydrogen-bond acceptors (Lipinski definition) is 2. The Balaban J connectivity index is 1.96. The van der Waals surface area contributed by atoms with Crippen molar-refractivity contribution in [2.75, 3.05) is 5.32 Å². The van der Waals surface area contributed by atoms with Crippen LogP contribution in [0.5, 0.6) is 0 Å². The minimum Gasteiger partial charge on any atom is -0.322 e. The highest BCUT2D eigenvalue weighted by Gasteiger charge is 2.16. The number of aromatic amines is 1. The topological polar surface area (TPSA) is 66.9 Å². The highest BCUT2D eigenvalue weighted by Crippen LogP contribution is 2.22. The Morgan fingerprint density at radius 1 is 1.32 bits per heavy atom. The zero-order chi connectivity index (χ0) is 15.9. The fraction of sp³-hybridized carbons (Fsp3) is 0.0667. The van der Waals surface area contributed by atoms with E-state index in [1.54, 1.807) is 25.2 Å². The van der Waals surface area contributed by atoms with E-state index in [1.807, 2.05) is 0 Å². The number of amides is 1. The van der Waals surface area contributed by atoms with E-state index in [9.17, 15) is 14.0 Å². The number of carbonyl (C=O) groups is 1. The average molecular weight is 320 g/mol. The summed E-state index contributed by atoms with van der Waals surface area (Å²) in [6.07, 6.45) is 0. The van der Waals surface area contributed by atoms with E-state index in [-0.39, 0.29) is 16.3 Å². The van der Waals surface area contributed by atoms with E-state index in [2.05, 4.69) is 10.3 Å². The van der Waals surface area contributed by atoms with Gasteiger partial charge in [0, 0.05) is 12.7 Å². The first kappa shape index (κ1) is 14.3. The summed E-state index contributed by atoms with van der Waals surface area (Å²) in [5, 5.41) is 2.60. The second-order valence-electron chi connectivity index (χ2n) is 4.77. The van der Waals surface area contributed by atoms with Gasteiger partial charge in [0.05, 0.1) is 21.6 Å². The van der Waals surface area contributed by atoms with Gasteiger partial charge in [-0.15, -0.1) is 0 Å². The molecule has 3 rings (SSSR count). The molecule has 0 aliphatic heterocycles. The third-order valence-corrected chi connectivity index (χ3v) is 3.67. The van der Waals surface area contributed by atoms with Crippen LogP contribution in [0.25, 0.3) is 11.0 Å². The van der Waals surface area contributed by atoms with Crippen LogP contribution in [0.1, 0.15) is 10.4 Å². The van der Waals surface area contributed by atoms with Gasteiger partial charge in [0.2, 0.25) is 0 Å². The smallest absolute Gasteiger partial charge is 0.322 e. The standard InChI is InChI=1S/C15H11ClFN3O2/c1-20-12-6-5-8(7-11(12)19-15(20)22)18-14(21)13-9(16)3-2-4-10(13)17/h2-7H,1H3,(H,18,21)(H,19,22). The summed E-state index contributed by atoms with van der Waals surface area (Å²) in [6.45, 7) is 0. The fourth-order valence-electron chi connectivity index (χ4n) is 2.22. The van der Waals surface area contributed by atoms with Gasteiger partial charge in [-0.2, -0.15) is 0 Å². The monoisotopic (exact) mass is 319 g/mol. The lowest BCUT2D eigenvalue weighted by Gasteiger charge is -2.08. The Bertz CT molecular complexity index is 925. The number of nitrogens with zero attached hydrogens (tertiary/aromatic N) is 1. The molecule has 22 heavy (non-hydrogen) atoms. The second kappa shape index (κ2) is 5.31. The minimum absolute atomic E-state index is 0.0340. The SMILES string of the molecule is Cn1c(=O)[nH]c2cc(NC(=O)c3c(F)cccc3Cl)ccc21. The van der Waals surface area contributed by atoms with Crippen molar-refractivity contribution in [3.8, 4) is 0 Å². The molecule has 1 aromatic heterocycles. The lowest BCUT2D eigenvalue weighted by atomic mass is 10.2. The van der Waals surface area contributed by atoms with Crippen molar-refractivity contribution in [1.82, 2.24) is 9.55 Å². The number of fused-ring (bicyclic) bond motifs is 1. The molecule has 0 aliphatic carbocycles. The lowest BCUT2D eigenvalue weighted by Crippen LogP contribution is -2.14. The molecule has 2 N–H and O–H groups in total. The maximum Gasteiger partial charge on any atom is 0.326 e. The van der Waals surface area contributed by atoms with E-state index in [4.69, 9.17) is 11.6 Å². The molecule has 0 saturated heterocycles. The molecule has 0 aliphatic rings. The van der Waals surface area contributed by atoms with Crippen molar-refractivity contribution in [3.05, 3.63) is 63.3 Å². The van der Waals surface area contributed by atoms with Crippen molar-refractivity contribution in [3.63, 3.8) is 0 Å². The largest absolute Gasteiger partial charge is 0.326 e. The molecule has 0 spiro atoms. The highest BCUT2D eigenvalue weighted by atomic mass is 35.5. The summed E-state index contributed by atoms with van der Waals surface area (Å²) < 4.78 is 15.2. The van der Waals surface area contributed by atoms with Crippen molar-refractivity contribution in [2.45, 2.75) is 0 Å². The van der Waals surface area contributed by atoms with Gasteiger partial charge in [0.15, 0.2) is 0 Å². The fourth-order valence-corrected chi connectivity index (χ4v) is 2.47. The van der Waals surface area contributed by atoms with Gasteiger partial charge in [-0.25, -0.2) is 9.18 Å². The van der Waals surface area contributed by atoms with E-state index in [1.165, 1.54) is 22.8 Å². The molecule has 0 fully saturated rings. The van der Waals surface area contributed by atoms with Crippen LogP contribution in [0.3, 0.4) is 0 Å². The van der Waals surface area contributed by atoms with Crippen LogP contribution >= 0.6 is 11.6 Å². The Morgan fingerprint density at radius 3 is 2.82 bits per heavy atom. The quantitative estimate of drug-likeness (QED) is 0.762. The molecule has 1 amide bonds. The number of hydrogen-bond donors (Lipinski definition) is 2. The van der Waals surface area contributed by atoms with Gasteiger partial charge in [-0.3, -0.25) is 9.36 Å². The van der Waals surface area contributed by atoms with Crippen molar-refractivity contribution in [1.29, 1.82) is 0 Å². The first-order chi connectivity index (χ1) is 10.5. The van der Waals surface area contributed by atoms with Crippen LogP contribution in [-0.4, -0.2) is 15.5 Å². The van der Waals surface area contributed by atoms with Gasteiger partial charge < -0.3 is 10.3 Å². The molecule has 2 aromatic carbocycles. The van der Waals surface area contributed by atoms with Crippen LogP contribution in [-0.2, 0) is 7.05 Å². The van der Waals surface area contributed by atoms with E-state index >= 15 is 0 Å². The molecular weight excluding hydrogens is 309 g/mol. The van der Waals surface area contributed by atoms with E-state index < -0.39 is 11.7 Å². The summed E-state index contributed by atoms with van der Waals surface area (Å²) in [6, 6.07) is 8.95. The maximum absolute atomic E-state index is 13.7. The lowest BCUT2D eigenvalue weighted by molar-refractivity contribution is 0.102. The van der Waals surface area contributed by atoms with Crippen LogP contribution in [0.2, 0.25) is 5.02 Å². The zero-order valence-electron chi connectivity index (χ0n) is 11.5. The van der Waals surface area contributed by atoms with Crippen LogP contribution in [0, 0.1) is 5.82 Å². The number of carbonyl (C=O) groups excluding carboxylic acids is 1. The number of benzene rings is 2. The summed E-state index contributed by atoms with van der Waals surface area (Å²) in [7, 11) is 1.64. The molecule has 0 radical (unpaired) electrons. The molecule has 0 atom stereocenters. The Labute approximate surface area is 129 Å². The summed E-state index contributed by atoms with van der Waals surface area (Å²) >= 11 is 5.86. The number of halogens is 2.